The van der Waals surface area contributed by atoms with E-state index in [1.807, 2.05) is 0 Å². The molecule has 0 radical (unpaired) electrons. The number of hydrogen-bond acceptors (Lipinski definition) is 4. The zero-order chi connectivity index (χ0) is 13.2. The highest BCUT2D eigenvalue weighted by Crippen LogP contribution is 2.21. The maximum atomic E-state index is 13.1. The molecule has 0 unspecified atom stereocenters. The third kappa shape index (κ3) is 3.14. The van der Waals surface area contributed by atoms with Crippen molar-refractivity contribution in [1.29, 1.82) is 0 Å². The average molecular weight is 265 g/mol. The Labute approximate surface area is 108 Å². The summed E-state index contributed by atoms with van der Waals surface area (Å²) in [6.07, 6.45) is 3.05. The monoisotopic (exact) mass is 265 g/mol. The minimum absolute atomic E-state index is 0.139. The van der Waals surface area contributed by atoms with Crippen LogP contribution >= 0.6 is 0 Å². The normalized spacial score (nSPS) is 14.8. The smallest absolute Gasteiger partial charge is 0.247 e. The summed E-state index contributed by atoms with van der Waals surface area (Å²) in [5.74, 6) is -0.719. The zero-order valence-electron chi connectivity index (χ0n) is 10.2. The fourth-order valence-corrected chi connectivity index (χ4v) is 1.82. The van der Waals surface area contributed by atoms with Gasteiger partial charge in [-0.15, -0.1) is 10.2 Å². The van der Waals surface area contributed by atoms with E-state index in [-0.39, 0.29) is 11.5 Å². The Balaban J connectivity index is 1.68. The van der Waals surface area contributed by atoms with E-state index < -0.39 is 11.6 Å². The second kappa shape index (κ2) is 5.05. The van der Waals surface area contributed by atoms with Gasteiger partial charge >= 0.3 is 0 Å². The molecule has 0 bridgehead atoms. The lowest BCUT2D eigenvalue weighted by molar-refractivity contribution is 0.492. The summed E-state index contributed by atoms with van der Waals surface area (Å²) >= 11 is 0. The SMILES string of the molecule is Fc1cc(F)cc(-c2nnc(CCNC3CC3)o2)c1. The molecule has 4 nitrogen and oxygen atoms in total. The summed E-state index contributed by atoms with van der Waals surface area (Å²) in [5.41, 5.74) is 0.256. The third-order valence-corrected chi connectivity index (χ3v) is 2.93. The summed E-state index contributed by atoms with van der Waals surface area (Å²) in [5, 5.41) is 11.0. The van der Waals surface area contributed by atoms with Crippen LogP contribution in [0.15, 0.2) is 22.6 Å². The van der Waals surface area contributed by atoms with Crippen molar-refractivity contribution >= 4 is 0 Å². The number of nitrogens with zero attached hydrogens (tertiary/aromatic N) is 2. The van der Waals surface area contributed by atoms with Crippen molar-refractivity contribution in [1.82, 2.24) is 15.5 Å². The van der Waals surface area contributed by atoms with E-state index >= 15 is 0 Å². The lowest BCUT2D eigenvalue weighted by Gasteiger charge is -1.98. The lowest BCUT2D eigenvalue weighted by atomic mass is 10.2. The van der Waals surface area contributed by atoms with E-state index in [1.54, 1.807) is 0 Å². The Morgan fingerprint density at radius 1 is 1.16 bits per heavy atom. The molecule has 3 rings (SSSR count). The van der Waals surface area contributed by atoms with Gasteiger partial charge in [-0.25, -0.2) is 8.78 Å². The maximum Gasteiger partial charge on any atom is 0.247 e. The first-order chi connectivity index (χ1) is 9.20. The Kier molecular flexibility index (Phi) is 3.25. The van der Waals surface area contributed by atoms with Crippen LogP contribution in [-0.4, -0.2) is 22.8 Å². The molecule has 1 heterocycles. The first-order valence-corrected chi connectivity index (χ1v) is 6.23. The molecule has 1 aromatic heterocycles. The number of aromatic nitrogens is 2. The van der Waals surface area contributed by atoms with E-state index in [0.29, 0.717) is 18.4 Å². The number of nitrogens with one attached hydrogen (secondary N) is 1. The summed E-state index contributed by atoms with van der Waals surface area (Å²) in [7, 11) is 0. The highest BCUT2D eigenvalue weighted by molar-refractivity contribution is 5.52. The molecule has 1 fully saturated rings. The molecule has 1 saturated carbocycles. The number of hydrogen-bond donors (Lipinski definition) is 1. The fraction of sp³-hybridized carbons (Fsp3) is 0.385. The molecule has 0 amide bonds. The molecular weight excluding hydrogens is 252 g/mol. The second-order valence-corrected chi connectivity index (χ2v) is 4.64. The molecule has 0 saturated heterocycles. The van der Waals surface area contributed by atoms with Crippen molar-refractivity contribution in [3.63, 3.8) is 0 Å². The van der Waals surface area contributed by atoms with Crippen LogP contribution in [0.2, 0.25) is 0 Å². The van der Waals surface area contributed by atoms with E-state index in [9.17, 15) is 8.78 Å². The molecule has 0 spiro atoms. The molecule has 100 valence electrons. The summed E-state index contributed by atoms with van der Waals surface area (Å²) < 4.78 is 31.5. The molecule has 1 aliphatic carbocycles. The molecular formula is C13H13F2N3O. The van der Waals surface area contributed by atoms with Crippen LogP contribution in [0.4, 0.5) is 8.78 Å². The maximum absolute atomic E-state index is 13.1. The van der Waals surface area contributed by atoms with Crippen molar-refractivity contribution < 1.29 is 13.2 Å². The Morgan fingerprint density at radius 2 is 1.89 bits per heavy atom. The quantitative estimate of drug-likeness (QED) is 0.901. The van der Waals surface area contributed by atoms with Crippen LogP contribution in [0.3, 0.4) is 0 Å². The van der Waals surface area contributed by atoms with Crippen molar-refractivity contribution in [2.45, 2.75) is 25.3 Å². The van der Waals surface area contributed by atoms with Gasteiger partial charge in [0.05, 0.1) is 0 Å². The predicted molar refractivity (Wildman–Crippen MR) is 64.4 cm³/mol. The number of rotatable bonds is 5. The van der Waals surface area contributed by atoms with Gasteiger partial charge in [-0.3, -0.25) is 0 Å². The van der Waals surface area contributed by atoms with Crippen LogP contribution in [-0.2, 0) is 6.42 Å². The van der Waals surface area contributed by atoms with Gasteiger partial charge in [0.15, 0.2) is 0 Å². The molecule has 2 aromatic rings. The minimum Gasteiger partial charge on any atom is -0.421 e. The van der Waals surface area contributed by atoms with E-state index in [4.69, 9.17) is 4.42 Å². The Morgan fingerprint density at radius 3 is 2.58 bits per heavy atom. The topological polar surface area (TPSA) is 51.0 Å². The van der Waals surface area contributed by atoms with Crippen molar-refractivity contribution in [3.05, 3.63) is 35.7 Å². The predicted octanol–water partition coefficient (Wildman–Crippen LogP) is 2.31. The van der Waals surface area contributed by atoms with Gasteiger partial charge in [0.2, 0.25) is 11.8 Å². The summed E-state index contributed by atoms with van der Waals surface area (Å²) in [4.78, 5) is 0. The highest BCUT2D eigenvalue weighted by Gasteiger charge is 2.20. The highest BCUT2D eigenvalue weighted by atomic mass is 19.1. The van der Waals surface area contributed by atoms with Gasteiger partial charge in [0, 0.05) is 30.6 Å². The van der Waals surface area contributed by atoms with Crippen LogP contribution < -0.4 is 5.32 Å². The first-order valence-electron chi connectivity index (χ1n) is 6.23. The largest absolute Gasteiger partial charge is 0.421 e. The van der Waals surface area contributed by atoms with Crippen molar-refractivity contribution in [2.75, 3.05) is 6.54 Å². The number of benzene rings is 1. The Bertz CT molecular complexity index is 561. The molecule has 6 heteroatoms. The molecule has 1 N–H and O–H groups in total. The summed E-state index contributed by atoms with van der Waals surface area (Å²) in [6.45, 7) is 0.768. The number of halogens is 2. The lowest BCUT2D eigenvalue weighted by Crippen LogP contribution is -2.19. The second-order valence-electron chi connectivity index (χ2n) is 4.64. The molecule has 19 heavy (non-hydrogen) atoms. The standard InChI is InChI=1S/C13H13F2N3O/c14-9-5-8(6-10(15)7-9)13-18-17-12(19-13)3-4-16-11-1-2-11/h5-7,11,16H,1-4H2. The third-order valence-electron chi connectivity index (χ3n) is 2.93. The van der Waals surface area contributed by atoms with E-state index in [2.05, 4.69) is 15.5 Å². The molecule has 0 aliphatic heterocycles. The van der Waals surface area contributed by atoms with Crippen molar-refractivity contribution in [2.24, 2.45) is 0 Å². The van der Waals surface area contributed by atoms with Gasteiger partial charge in [-0.05, 0) is 25.0 Å². The van der Waals surface area contributed by atoms with Gasteiger partial charge in [-0.1, -0.05) is 0 Å². The van der Waals surface area contributed by atoms with E-state index in [0.717, 1.165) is 12.6 Å². The van der Waals surface area contributed by atoms with Gasteiger partial charge in [0.25, 0.3) is 0 Å². The van der Waals surface area contributed by atoms with Crippen LogP contribution in [0, 0.1) is 11.6 Å². The average Bonchev–Trinajstić information content (AvgIpc) is 3.04. The van der Waals surface area contributed by atoms with Crippen molar-refractivity contribution in [3.8, 4) is 11.5 Å². The first kappa shape index (κ1) is 12.2. The van der Waals surface area contributed by atoms with Gasteiger partial charge in [-0.2, -0.15) is 0 Å². The molecule has 0 atom stereocenters. The van der Waals surface area contributed by atoms with Crippen LogP contribution in [0.25, 0.3) is 11.5 Å². The summed E-state index contributed by atoms with van der Waals surface area (Å²) in [6, 6.07) is 3.77. The van der Waals surface area contributed by atoms with E-state index in [1.165, 1.54) is 25.0 Å². The van der Waals surface area contributed by atoms with Gasteiger partial charge < -0.3 is 9.73 Å². The van der Waals surface area contributed by atoms with Crippen LogP contribution in [0.5, 0.6) is 0 Å². The fourth-order valence-electron chi connectivity index (χ4n) is 1.82. The van der Waals surface area contributed by atoms with Gasteiger partial charge in [0.1, 0.15) is 11.6 Å². The Hall–Kier alpha value is -1.82. The molecule has 1 aliphatic rings. The zero-order valence-corrected chi connectivity index (χ0v) is 10.2. The van der Waals surface area contributed by atoms with Crippen LogP contribution in [0.1, 0.15) is 18.7 Å². The minimum atomic E-state index is -0.662. The molecule has 1 aromatic carbocycles.